The first-order valence-corrected chi connectivity index (χ1v) is 8.88. The predicted molar refractivity (Wildman–Crippen MR) is 105 cm³/mol. The highest BCUT2D eigenvalue weighted by molar-refractivity contribution is 5.85. The molecule has 2 aliphatic heterocycles. The first-order valence-electron chi connectivity index (χ1n) is 8.88. The molecule has 1 aromatic carbocycles. The number of carbonyl (C=O) groups excluding carboxylic acids is 1. The van der Waals surface area contributed by atoms with Gasteiger partial charge in [0.1, 0.15) is 6.10 Å². The number of morpholine rings is 1. The minimum absolute atomic E-state index is 0. The summed E-state index contributed by atoms with van der Waals surface area (Å²) in [5.74, 6) is -1.89. The van der Waals surface area contributed by atoms with Crippen LogP contribution in [0.5, 0.6) is 0 Å². The van der Waals surface area contributed by atoms with Crippen LogP contribution in [0.1, 0.15) is 24.8 Å². The number of hydrogen-bond acceptors (Lipinski definition) is 4. The van der Waals surface area contributed by atoms with Crippen molar-refractivity contribution in [3.05, 3.63) is 35.4 Å². The summed E-state index contributed by atoms with van der Waals surface area (Å²) in [4.78, 5) is 14.8. The lowest BCUT2D eigenvalue weighted by molar-refractivity contribution is -0.139. The molecule has 0 radical (unpaired) electrons. The van der Waals surface area contributed by atoms with E-state index in [9.17, 15) is 13.6 Å². The molecule has 3 atom stereocenters. The highest BCUT2D eigenvalue weighted by Crippen LogP contribution is 2.27. The van der Waals surface area contributed by atoms with Gasteiger partial charge in [-0.2, -0.15) is 0 Å². The zero-order chi connectivity index (χ0) is 17.8. The van der Waals surface area contributed by atoms with Crippen LogP contribution < -0.4 is 10.6 Å². The molecule has 2 fully saturated rings. The number of likely N-dealkylation sites (N-methyl/N-ethyl adjacent to an activating group) is 1. The highest BCUT2D eigenvalue weighted by Gasteiger charge is 2.32. The summed E-state index contributed by atoms with van der Waals surface area (Å²) in [6, 6.07) is 3.81. The molecule has 0 aromatic heterocycles. The Balaban J connectivity index is 0.00000182. The highest BCUT2D eigenvalue weighted by atomic mass is 35.5. The zero-order valence-corrected chi connectivity index (χ0v) is 16.9. The summed E-state index contributed by atoms with van der Waals surface area (Å²) in [5.41, 5.74) is 0.713. The fourth-order valence-corrected chi connectivity index (χ4v) is 3.58. The van der Waals surface area contributed by atoms with Crippen molar-refractivity contribution in [1.82, 2.24) is 15.5 Å². The number of ether oxygens (including phenoxy) is 1. The molecule has 154 valence electrons. The number of halogens is 4. The minimum Gasteiger partial charge on any atom is -0.366 e. The van der Waals surface area contributed by atoms with Crippen LogP contribution in [-0.2, 0) is 9.53 Å². The average molecular weight is 426 g/mol. The van der Waals surface area contributed by atoms with Gasteiger partial charge in [-0.05, 0) is 37.2 Å². The lowest BCUT2D eigenvalue weighted by Crippen LogP contribution is -2.56. The topological polar surface area (TPSA) is 53.6 Å². The van der Waals surface area contributed by atoms with Crippen molar-refractivity contribution in [2.45, 2.75) is 31.4 Å². The minimum atomic E-state index is -0.853. The van der Waals surface area contributed by atoms with Gasteiger partial charge in [-0.3, -0.25) is 9.69 Å². The van der Waals surface area contributed by atoms with E-state index in [0.717, 1.165) is 32.1 Å². The van der Waals surface area contributed by atoms with E-state index in [1.165, 1.54) is 6.07 Å². The van der Waals surface area contributed by atoms with Gasteiger partial charge in [0.15, 0.2) is 11.6 Å². The second-order valence-electron chi connectivity index (χ2n) is 6.64. The third-order valence-electron chi connectivity index (χ3n) is 5.07. The molecular formula is C18H27Cl2F2N3O2. The Morgan fingerprint density at radius 1 is 1.33 bits per heavy atom. The van der Waals surface area contributed by atoms with E-state index in [-0.39, 0.29) is 42.7 Å². The molecule has 1 amide bonds. The molecule has 5 nitrogen and oxygen atoms in total. The van der Waals surface area contributed by atoms with E-state index in [4.69, 9.17) is 4.74 Å². The van der Waals surface area contributed by atoms with Crippen LogP contribution in [-0.4, -0.2) is 62.3 Å². The maximum absolute atomic E-state index is 13.6. The Morgan fingerprint density at radius 3 is 2.81 bits per heavy atom. The molecule has 9 heteroatoms. The van der Waals surface area contributed by atoms with E-state index in [1.807, 2.05) is 0 Å². The predicted octanol–water partition coefficient (Wildman–Crippen LogP) is 2.09. The quantitative estimate of drug-likeness (QED) is 0.775. The Hall–Kier alpha value is -0.990. The molecule has 2 aliphatic rings. The summed E-state index contributed by atoms with van der Waals surface area (Å²) >= 11 is 0. The zero-order valence-electron chi connectivity index (χ0n) is 15.2. The van der Waals surface area contributed by atoms with Gasteiger partial charge in [0, 0.05) is 31.6 Å². The van der Waals surface area contributed by atoms with Gasteiger partial charge in [-0.1, -0.05) is 13.0 Å². The maximum Gasteiger partial charge on any atom is 0.250 e. The summed E-state index contributed by atoms with van der Waals surface area (Å²) < 4.78 is 32.4. The van der Waals surface area contributed by atoms with Gasteiger partial charge in [0.25, 0.3) is 5.91 Å². The molecule has 0 spiro atoms. The maximum atomic E-state index is 13.6. The fraction of sp³-hybridized carbons (Fsp3) is 0.611. The van der Waals surface area contributed by atoms with E-state index in [2.05, 4.69) is 22.5 Å². The van der Waals surface area contributed by atoms with E-state index in [0.29, 0.717) is 25.3 Å². The monoisotopic (exact) mass is 425 g/mol. The number of piperidine rings is 1. The molecule has 2 N–H and O–H groups in total. The number of nitrogens with one attached hydrogen (secondary N) is 2. The van der Waals surface area contributed by atoms with Crippen LogP contribution in [0.25, 0.3) is 0 Å². The van der Waals surface area contributed by atoms with Gasteiger partial charge < -0.3 is 15.4 Å². The van der Waals surface area contributed by atoms with Crippen molar-refractivity contribution in [1.29, 1.82) is 0 Å². The van der Waals surface area contributed by atoms with Crippen LogP contribution in [0.3, 0.4) is 0 Å². The lowest BCUT2D eigenvalue weighted by Gasteiger charge is -2.36. The number of carbonyl (C=O) groups is 1. The summed E-state index contributed by atoms with van der Waals surface area (Å²) in [5, 5.41) is 6.30. The average Bonchev–Trinajstić information content (AvgIpc) is 2.64. The van der Waals surface area contributed by atoms with Gasteiger partial charge in [-0.15, -0.1) is 24.8 Å². The van der Waals surface area contributed by atoms with Gasteiger partial charge in [-0.25, -0.2) is 8.78 Å². The molecule has 3 rings (SSSR count). The van der Waals surface area contributed by atoms with Crippen LogP contribution in [0, 0.1) is 11.6 Å². The molecule has 27 heavy (non-hydrogen) atoms. The van der Waals surface area contributed by atoms with Crippen molar-refractivity contribution in [2.75, 3.05) is 39.3 Å². The first-order chi connectivity index (χ1) is 12.1. The Labute approximate surface area is 171 Å². The standard InChI is InChI=1S/C18H25F2N3O2.2ClH/c1-2-23-7-8-25-17(11-23)18(24)22-16-10-21-6-5-13(16)12-3-4-14(19)15(20)9-12;;/h3-4,9,13,16-17,21H,2,5-8,10-11H2,1H3,(H,22,24);2*1H. The van der Waals surface area contributed by atoms with Crippen molar-refractivity contribution in [3.63, 3.8) is 0 Å². The Morgan fingerprint density at radius 2 is 2.11 bits per heavy atom. The summed E-state index contributed by atoms with van der Waals surface area (Å²) in [7, 11) is 0. The Bertz CT molecular complexity index is 624. The van der Waals surface area contributed by atoms with Crippen LogP contribution in [0.2, 0.25) is 0 Å². The fourth-order valence-electron chi connectivity index (χ4n) is 3.58. The van der Waals surface area contributed by atoms with Gasteiger partial charge in [0.2, 0.25) is 0 Å². The summed E-state index contributed by atoms with van der Waals surface area (Å²) in [6.07, 6.45) is 0.268. The van der Waals surface area contributed by atoms with Crippen molar-refractivity contribution < 1.29 is 18.3 Å². The van der Waals surface area contributed by atoms with E-state index in [1.54, 1.807) is 6.07 Å². The molecule has 0 aliphatic carbocycles. The molecular weight excluding hydrogens is 399 g/mol. The van der Waals surface area contributed by atoms with E-state index < -0.39 is 17.7 Å². The number of benzene rings is 1. The molecule has 0 bridgehead atoms. The van der Waals surface area contributed by atoms with Crippen molar-refractivity contribution >= 4 is 30.7 Å². The van der Waals surface area contributed by atoms with Crippen LogP contribution in [0.4, 0.5) is 8.78 Å². The molecule has 0 saturated carbocycles. The normalized spacial score (nSPS) is 25.8. The Kier molecular flexibility index (Phi) is 9.90. The lowest BCUT2D eigenvalue weighted by atomic mass is 9.86. The van der Waals surface area contributed by atoms with Crippen molar-refractivity contribution in [2.24, 2.45) is 0 Å². The third kappa shape index (κ3) is 5.99. The number of rotatable bonds is 4. The second-order valence-corrected chi connectivity index (χ2v) is 6.64. The first kappa shape index (κ1) is 24.0. The molecule has 3 unspecified atom stereocenters. The van der Waals surface area contributed by atoms with Crippen LogP contribution in [0.15, 0.2) is 18.2 Å². The SMILES string of the molecule is CCN1CCOC(C(=O)NC2CNCCC2c2ccc(F)c(F)c2)C1.Cl.Cl. The number of amides is 1. The second kappa shape index (κ2) is 11.1. The molecule has 2 heterocycles. The van der Waals surface area contributed by atoms with Gasteiger partial charge >= 0.3 is 0 Å². The smallest absolute Gasteiger partial charge is 0.250 e. The van der Waals surface area contributed by atoms with Gasteiger partial charge in [0.05, 0.1) is 6.61 Å². The van der Waals surface area contributed by atoms with Crippen LogP contribution >= 0.6 is 24.8 Å². The molecule has 1 aromatic rings. The summed E-state index contributed by atoms with van der Waals surface area (Å²) in [6.45, 7) is 6.28. The molecule has 2 saturated heterocycles. The third-order valence-corrected chi connectivity index (χ3v) is 5.07. The number of nitrogens with zero attached hydrogens (tertiary/aromatic N) is 1. The largest absolute Gasteiger partial charge is 0.366 e. The van der Waals surface area contributed by atoms with Crippen molar-refractivity contribution in [3.8, 4) is 0 Å². The number of hydrogen-bond donors (Lipinski definition) is 2. The van der Waals surface area contributed by atoms with E-state index >= 15 is 0 Å².